The van der Waals surface area contributed by atoms with Crippen LogP contribution in [0, 0.1) is 0 Å². The molecule has 0 aromatic heterocycles. The van der Waals surface area contributed by atoms with Gasteiger partial charge in [-0.15, -0.1) is 0 Å². The van der Waals surface area contributed by atoms with Gasteiger partial charge in [0.15, 0.2) is 0 Å². The molecule has 11 heteroatoms. The van der Waals surface area contributed by atoms with Gasteiger partial charge in [-0.3, -0.25) is 13.9 Å². The van der Waals surface area contributed by atoms with Crippen molar-refractivity contribution in [3.05, 3.63) is 58.1 Å². The number of carbonyl (C=O) groups excluding carboxylic acids is 2. The molecule has 0 saturated carbocycles. The van der Waals surface area contributed by atoms with Crippen LogP contribution in [0.4, 0.5) is 5.69 Å². The van der Waals surface area contributed by atoms with Crippen molar-refractivity contribution in [2.45, 2.75) is 26.4 Å². The fourth-order valence-electron chi connectivity index (χ4n) is 3.12. The lowest BCUT2D eigenvalue weighted by Gasteiger charge is -2.31. The number of anilines is 1. The lowest BCUT2D eigenvalue weighted by molar-refractivity contribution is -0.139. The second kappa shape index (κ2) is 11.6. The zero-order chi connectivity index (χ0) is 24.8. The Morgan fingerprint density at radius 2 is 1.85 bits per heavy atom. The average molecular weight is 516 g/mol. The summed E-state index contributed by atoms with van der Waals surface area (Å²) in [5.74, 6) is -0.509. The zero-order valence-electron chi connectivity index (χ0n) is 18.8. The SMILES string of the molecule is CCNC(=O)C(C)N(Cc1ccc(Cl)cc1Cl)C(=O)CN(c1cccc(OC)c1)S(C)(=O)=O. The third-order valence-corrected chi connectivity index (χ3v) is 6.62. The third-order valence-electron chi connectivity index (χ3n) is 4.89. The van der Waals surface area contributed by atoms with Crippen molar-refractivity contribution in [1.82, 2.24) is 10.2 Å². The molecule has 0 aliphatic carbocycles. The Bertz CT molecular complexity index is 1110. The number of carbonyl (C=O) groups is 2. The van der Waals surface area contributed by atoms with E-state index in [1.165, 1.54) is 24.1 Å². The number of sulfonamides is 1. The molecule has 0 heterocycles. The van der Waals surface area contributed by atoms with Gasteiger partial charge in [0.1, 0.15) is 18.3 Å². The minimum absolute atomic E-state index is 0.0111. The number of nitrogens with zero attached hydrogens (tertiary/aromatic N) is 2. The summed E-state index contributed by atoms with van der Waals surface area (Å²) in [6, 6.07) is 10.3. The van der Waals surface area contributed by atoms with E-state index in [9.17, 15) is 18.0 Å². The first-order chi connectivity index (χ1) is 15.5. The van der Waals surface area contributed by atoms with E-state index in [2.05, 4.69) is 5.32 Å². The van der Waals surface area contributed by atoms with Crippen LogP contribution in [0.3, 0.4) is 0 Å². The summed E-state index contributed by atoms with van der Waals surface area (Å²) in [5.41, 5.74) is 0.832. The molecule has 0 fully saturated rings. The van der Waals surface area contributed by atoms with Crippen LogP contribution in [0.15, 0.2) is 42.5 Å². The van der Waals surface area contributed by atoms with Gasteiger partial charge in [-0.1, -0.05) is 35.3 Å². The van der Waals surface area contributed by atoms with Crippen LogP contribution >= 0.6 is 23.2 Å². The quantitative estimate of drug-likeness (QED) is 0.523. The fourth-order valence-corrected chi connectivity index (χ4v) is 4.43. The van der Waals surface area contributed by atoms with Crippen molar-refractivity contribution in [2.75, 3.05) is 30.8 Å². The second-order valence-electron chi connectivity index (χ2n) is 7.30. The molecule has 0 bridgehead atoms. The topological polar surface area (TPSA) is 96.0 Å². The molecule has 2 aromatic carbocycles. The molecular formula is C22H27Cl2N3O5S. The predicted octanol–water partition coefficient (Wildman–Crippen LogP) is 3.32. The molecule has 0 saturated heterocycles. The summed E-state index contributed by atoms with van der Waals surface area (Å²) in [4.78, 5) is 27.2. The highest BCUT2D eigenvalue weighted by atomic mass is 35.5. The zero-order valence-corrected chi connectivity index (χ0v) is 21.2. The molecule has 1 N–H and O–H groups in total. The summed E-state index contributed by atoms with van der Waals surface area (Å²) in [6.45, 7) is 3.19. The van der Waals surface area contributed by atoms with E-state index in [-0.39, 0.29) is 18.1 Å². The van der Waals surface area contributed by atoms with Crippen LogP contribution in [0.1, 0.15) is 19.4 Å². The molecule has 33 heavy (non-hydrogen) atoms. The van der Waals surface area contributed by atoms with Crippen LogP contribution < -0.4 is 14.4 Å². The first kappa shape index (κ1) is 26.8. The minimum atomic E-state index is -3.83. The fraction of sp³-hybridized carbons (Fsp3) is 0.364. The van der Waals surface area contributed by atoms with Gasteiger partial charge in [-0.05, 0) is 43.7 Å². The van der Waals surface area contributed by atoms with Crippen molar-refractivity contribution in [3.8, 4) is 5.75 Å². The molecule has 0 aliphatic rings. The van der Waals surface area contributed by atoms with Gasteiger partial charge < -0.3 is 15.0 Å². The highest BCUT2D eigenvalue weighted by Crippen LogP contribution is 2.25. The molecular weight excluding hydrogens is 489 g/mol. The number of ether oxygens (including phenoxy) is 1. The number of amides is 2. The van der Waals surface area contributed by atoms with Crippen LogP contribution in [0.25, 0.3) is 0 Å². The average Bonchev–Trinajstić information content (AvgIpc) is 2.75. The molecule has 0 spiro atoms. The molecule has 2 aromatic rings. The maximum Gasteiger partial charge on any atom is 0.244 e. The predicted molar refractivity (Wildman–Crippen MR) is 130 cm³/mol. The van der Waals surface area contributed by atoms with E-state index in [0.717, 1.165) is 10.6 Å². The number of rotatable bonds is 10. The maximum absolute atomic E-state index is 13.4. The summed E-state index contributed by atoms with van der Waals surface area (Å²) in [5, 5.41) is 3.45. The van der Waals surface area contributed by atoms with Crippen molar-refractivity contribution in [2.24, 2.45) is 0 Å². The third kappa shape index (κ3) is 7.25. The van der Waals surface area contributed by atoms with Crippen molar-refractivity contribution in [3.63, 3.8) is 0 Å². The number of methoxy groups -OCH3 is 1. The Labute approximate surface area is 204 Å². The summed E-state index contributed by atoms with van der Waals surface area (Å²) >= 11 is 12.3. The van der Waals surface area contributed by atoms with E-state index in [1.807, 2.05) is 0 Å². The van der Waals surface area contributed by atoms with E-state index < -0.39 is 28.5 Å². The molecule has 8 nitrogen and oxygen atoms in total. The van der Waals surface area contributed by atoms with Crippen molar-refractivity contribution in [1.29, 1.82) is 0 Å². The van der Waals surface area contributed by atoms with E-state index in [4.69, 9.17) is 27.9 Å². The first-order valence-corrected chi connectivity index (χ1v) is 12.7. The van der Waals surface area contributed by atoms with Gasteiger partial charge in [-0.2, -0.15) is 0 Å². The van der Waals surface area contributed by atoms with Gasteiger partial charge in [0.25, 0.3) is 0 Å². The maximum atomic E-state index is 13.4. The number of hydrogen-bond acceptors (Lipinski definition) is 5. The van der Waals surface area contributed by atoms with E-state index >= 15 is 0 Å². The standard InChI is InChI=1S/C22H27Cl2N3O5S/c1-5-25-22(29)15(2)26(13-16-9-10-17(23)11-20(16)24)21(28)14-27(33(4,30)31)18-7-6-8-19(12-18)32-3/h6-12,15H,5,13-14H2,1-4H3,(H,25,29). The number of nitrogens with one attached hydrogen (secondary N) is 1. The van der Waals surface area contributed by atoms with Gasteiger partial charge in [-0.25, -0.2) is 8.42 Å². The smallest absolute Gasteiger partial charge is 0.244 e. The number of halogens is 2. The largest absolute Gasteiger partial charge is 0.497 e. The van der Waals surface area contributed by atoms with E-state index in [0.29, 0.717) is 27.9 Å². The summed E-state index contributed by atoms with van der Waals surface area (Å²) in [7, 11) is -2.37. The number of benzene rings is 2. The van der Waals surface area contributed by atoms with Crippen LogP contribution in [-0.4, -0.2) is 57.6 Å². The van der Waals surface area contributed by atoms with Gasteiger partial charge in [0, 0.05) is 29.2 Å². The Morgan fingerprint density at radius 1 is 1.15 bits per heavy atom. The van der Waals surface area contributed by atoms with Gasteiger partial charge >= 0.3 is 0 Å². The summed E-state index contributed by atoms with van der Waals surface area (Å²) < 4.78 is 31.2. The number of hydrogen-bond donors (Lipinski definition) is 1. The Kier molecular flexibility index (Phi) is 9.39. The van der Waals surface area contributed by atoms with E-state index in [1.54, 1.807) is 44.2 Å². The van der Waals surface area contributed by atoms with Crippen LogP contribution in [0.2, 0.25) is 10.0 Å². The normalized spacial score (nSPS) is 12.1. The molecule has 0 radical (unpaired) electrons. The summed E-state index contributed by atoms with van der Waals surface area (Å²) in [6.07, 6.45) is 1.01. The minimum Gasteiger partial charge on any atom is -0.497 e. The lowest BCUT2D eigenvalue weighted by Crippen LogP contribution is -2.51. The highest BCUT2D eigenvalue weighted by Gasteiger charge is 2.30. The van der Waals surface area contributed by atoms with Crippen LogP contribution in [-0.2, 0) is 26.2 Å². The Balaban J connectivity index is 2.42. The second-order valence-corrected chi connectivity index (χ2v) is 10.0. The van der Waals surface area contributed by atoms with Crippen molar-refractivity contribution >= 4 is 50.7 Å². The van der Waals surface area contributed by atoms with Crippen LogP contribution in [0.5, 0.6) is 5.75 Å². The first-order valence-electron chi connectivity index (χ1n) is 10.1. The molecule has 180 valence electrons. The number of likely N-dealkylation sites (N-methyl/N-ethyl adjacent to an activating group) is 1. The Morgan fingerprint density at radius 3 is 2.42 bits per heavy atom. The van der Waals surface area contributed by atoms with Crippen molar-refractivity contribution < 1.29 is 22.7 Å². The molecule has 2 amide bonds. The van der Waals surface area contributed by atoms with Gasteiger partial charge in [0.05, 0.1) is 19.1 Å². The molecule has 0 aliphatic heterocycles. The monoisotopic (exact) mass is 515 g/mol. The lowest BCUT2D eigenvalue weighted by atomic mass is 10.1. The Hall–Kier alpha value is -2.49. The molecule has 1 atom stereocenters. The van der Waals surface area contributed by atoms with Gasteiger partial charge in [0.2, 0.25) is 21.8 Å². The molecule has 1 unspecified atom stereocenters. The highest BCUT2D eigenvalue weighted by molar-refractivity contribution is 7.92. The molecule has 2 rings (SSSR count).